The van der Waals surface area contributed by atoms with Crippen molar-refractivity contribution in [2.24, 2.45) is 0 Å². The molecule has 0 radical (unpaired) electrons. The SMILES string of the molecule is CN(C)C(=O)c1ccc(NC(=O)C[NH+](C)Cc2ccc(Cl)c(Cl)c2)cc1. The van der Waals surface area contributed by atoms with Crippen molar-refractivity contribution in [3.63, 3.8) is 0 Å². The van der Waals surface area contributed by atoms with Crippen molar-refractivity contribution in [2.45, 2.75) is 6.54 Å². The van der Waals surface area contributed by atoms with Gasteiger partial charge in [-0.15, -0.1) is 0 Å². The van der Waals surface area contributed by atoms with Crippen LogP contribution in [0.1, 0.15) is 15.9 Å². The van der Waals surface area contributed by atoms with E-state index in [0.717, 1.165) is 10.5 Å². The molecule has 2 rings (SSSR count). The predicted molar refractivity (Wildman–Crippen MR) is 105 cm³/mol. The maximum Gasteiger partial charge on any atom is 0.279 e. The molecule has 0 aliphatic heterocycles. The number of nitrogens with zero attached hydrogens (tertiary/aromatic N) is 1. The molecule has 0 fully saturated rings. The molecule has 2 aromatic rings. The van der Waals surface area contributed by atoms with Gasteiger partial charge in [0.15, 0.2) is 6.54 Å². The van der Waals surface area contributed by atoms with E-state index in [4.69, 9.17) is 23.2 Å². The lowest BCUT2D eigenvalue weighted by Gasteiger charge is -2.15. The first-order valence-corrected chi connectivity index (χ1v) is 8.88. The van der Waals surface area contributed by atoms with Gasteiger partial charge < -0.3 is 15.1 Å². The molecule has 7 heteroatoms. The minimum Gasteiger partial charge on any atom is -0.345 e. The summed E-state index contributed by atoms with van der Waals surface area (Å²) in [5, 5.41) is 3.87. The molecule has 26 heavy (non-hydrogen) atoms. The Morgan fingerprint density at radius 1 is 1.04 bits per heavy atom. The number of hydrogen-bond acceptors (Lipinski definition) is 2. The molecule has 1 atom stereocenters. The molecular weight excluding hydrogens is 373 g/mol. The van der Waals surface area contributed by atoms with Crippen molar-refractivity contribution < 1.29 is 14.5 Å². The standard InChI is InChI=1S/C19H21Cl2N3O2/c1-23(2)19(26)14-5-7-15(8-6-14)22-18(25)12-24(3)11-13-4-9-16(20)17(21)10-13/h4-10H,11-12H2,1-3H3,(H,22,25)/p+1. The lowest BCUT2D eigenvalue weighted by molar-refractivity contribution is -0.885. The van der Waals surface area contributed by atoms with E-state index in [1.807, 2.05) is 19.2 Å². The third kappa shape index (κ3) is 5.73. The monoisotopic (exact) mass is 394 g/mol. The van der Waals surface area contributed by atoms with Crippen LogP contribution in [0.2, 0.25) is 10.0 Å². The molecule has 0 bridgehead atoms. The van der Waals surface area contributed by atoms with Gasteiger partial charge in [0.05, 0.1) is 17.1 Å². The molecule has 2 aromatic carbocycles. The molecule has 2 N–H and O–H groups in total. The van der Waals surface area contributed by atoms with Gasteiger partial charge in [-0.2, -0.15) is 0 Å². The normalized spacial score (nSPS) is 11.7. The van der Waals surface area contributed by atoms with Crippen molar-refractivity contribution >= 4 is 40.7 Å². The van der Waals surface area contributed by atoms with Crippen molar-refractivity contribution in [1.29, 1.82) is 0 Å². The molecule has 0 aliphatic carbocycles. The summed E-state index contributed by atoms with van der Waals surface area (Å²) in [5.74, 6) is -0.178. The zero-order valence-electron chi connectivity index (χ0n) is 15.0. The van der Waals surface area contributed by atoms with E-state index in [1.165, 1.54) is 4.90 Å². The third-order valence-electron chi connectivity index (χ3n) is 3.77. The summed E-state index contributed by atoms with van der Waals surface area (Å²) in [6.45, 7) is 0.958. The van der Waals surface area contributed by atoms with Crippen LogP contribution in [0.25, 0.3) is 0 Å². The maximum atomic E-state index is 12.2. The third-order valence-corrected chi connectivity index (χ3v) is 4.51. The van der Waals surface area contributed by atoms with Crippen LogP contribution in [0.5, 0.6) is 0 Å². The fourth-order valence-electron chi connectivity index (χ4n) is 2.49. The zero-order chi connectivity index (χ0) is 19.3. The van der Waals surface area contributed by atoms with Gasteiger partial charge in [0.2, 0.25) is 0 Å². The summed E-state index contributed by atoms with van der Waals surface area (Å²) in [4.78, 5) is 26.6. The number of hydrogen-bond donors (Lipinski definition) is 2. The second kappa shape index (κ2) is 9.03. The van der Waals surface area contributed by atoms with Crippen LogP contribution in [0.4, 0.5) is 5.69 Å². The average molecular weight is 395 g/mol. The van der Waals surface area contributed by atoms with Gasteiger partial charge in [-0.3, -0.25) is 9.59 Å². The van der Waals surface area contributed by atoms with Crippen LogP contribution in [-0.2, 0) is 11.3 Å². The summed E-state index contributed by atoms with van der Waals surface area (Å²) in [7, 11) is 5.33. The smallest absolute Gasteiger partial charge is 0.279 e. The number of quaternary nitrogens is 1. The van der Waals surface area contributed by atoms with Crippen LogP contribution in [0, 0.1) is 0 Å². The Morgan fingerprint density at radius 2 is 1.69 bits per heavy atom. The number of likely N-dealkylation sites (N-methyl/N-ethyl adjacent to an activating group) is 1. The minimum absolute atomic E-state index is 0.0753. The fraction of sp³-hybridized carbons (Fsp3) is 0.263. The van der Waals surface area contributed by atoms with E-state index in [0.29, 0.717) is 34.4 Å². The van der Waals surface area contributed by atoms with E-state index in [2.05, 4.69) is 5.32 Å². The Hall–Kier alpha value is -2.08. The van der Waals surface area contributed by atoms with Crippen LogP contribution in [0.3, 0.4) is 0 Å². The second-order valence-corrected chi connectivity index (χ2v) is 7.20. The van der Waals surface area contributed by atoms with Gasteiger partial charge in [-0.05, 0) is 36.4 Å². The molecule has 1 unspecified atom stereocenters. The molecule has 0 aromatic heterocycles. The summed E-state index contributed by atoms with van der Waals surface area (Å²) in [6.07, 6.45) is 0. The van der Waals surface area contributed by atoms with Crippen molar-refractivity contribution in [3.8, 4) is 0 Å². The van der Waals surface area contributed by atoms with Gasteiger partial charge in [-0.1, -0.05) is 29.3 Å². The average Bonchev–Trinajstić information content (AvgIpc) is 2.58. The van der Waals surface area contributed by atoms with Gasteiger partial charge >= 0.3 is 0 Å². The van der Waals surface area contributed by atoms with Crippen LogP contribution in [-0.4, -0.2) is 44.4 Å². The predicted octanol–water partition coefficient (Wildman–Crippen LogP) is 2.35. The molecule has 2 amide bonds. The lowest BCUT2D eigenvalue weighted by atomic mass is 10.2. The number of benzene rings is 2. The van der Waals surface area contributed by atoms with Crippen LogP contribution >= 0.6 is 23.2 Å². The number of anilines is 1. The molecule has 138 valence electrons. The topological polar surface area (TPSA) is 53.9 Å². The first kappa shape index (κ1) is 20.2. The fourth-order valence-corrected chi connectivity index (χ4v) is 2.81. The molecule has 5 nitrogen and oxygen atoms in total. The Morgan fingerprint density at radius 3 is 2.27 bits per heavy atom. The number of rotatable bonds is 6. The summed E-state index contributed by atoms with van der Waals surface area (Å²) in [5.41, 5.74) is 2.25. The molecule has 0 aliphatic rings. The van der Waals surface area contributed by atoms with Crippen molar-refractivity contribution in [1.82, 2.24) is 4.90 Å². The highest BCUT2D eigenvalue weighted by molar-refractivity contribution is 6.42. The van der Waals surface area contributed by atoms with E-state index >= 15 is 0 Å². The lowest BCUT2D eigenvalue weighted by Crippen LogP contribution is -3.08. The number of nitrogens with one attached hydrogen (secondary N) is 2. The summed E-state index contributed by atoms with van der Waals surface area (Å²) in [6, 6.07) is 12.3. The first-order valence-electron chi connectivity index (χ1n) is 8.13. The largest absolute Gasteiger partial charge is 0.345 e. The highest BCUT2D eigenvalue weighted by atomic mass is 35.5. The highest BCUT2D eigenvalue weighted by Gasteiger charge is 2.13. The molecule has 0 saturated carbocycles. The number of carbonyl (C=O) groups is 2. The zero-order valence-corrected chi connectivity index (χ0v) is 16.5. The minimum atomic E-state index is -0.103. The van der Waals surface area contributed by atoms with Gasteiger partial charge in [0, 0.05) is 30.9 Å². The van der Waals surface area contributed by atoms with Gasteiger partial charge in [-0.25, -0.2) is 0 Å². The Balaban J connectivity index is 1.89. The number of carbonyl (C=O) groups excluding carboxylic acids is 2. The van der Waals surface area contributed by atoms with E-state index in [-0.39, 0.29) is 11.8 Å². The van der Waals surface area contributed by atoms with E-state index < -0.39 is 0 Å². The second-order valence-electron chi connectivity index (χ2n) is 6.38. The number of halogens is 2. The van der Waals surface area contributed by atoms with Gasteiger partial charge in [0.1, 0.15) is 6.54 Å². The molecule has 0 heterocycles. The number of amides is 2. The molecular formula is C19H22Cl2N3O2+. The van der Waals surface area contributed by atoms with Gasteiger partial charge in [0.25, 0.3) is 11.8 Å². The maximum absolute atomic E-state index is 12.2. The first-order chi connectivity index (χ1) is 12.3. The highest BCUT2D eigenvalue weighted by Crippen LogP contribution is 2.22. The van der Waals surface area contributed by atoms with Crippen molar-refractivity contribution in [3.05, 3.63) is 63.6 Å². The van der Waals surface area contributed by atoms with Crippen LogP contribution < -0.4 is 10.2 Å². The Bertz CT molecular complexity index is 792. The quantitative estimate of drug-likeness (QED) is 0.789. The summed E-state index contributed by atoms with van der Waals surface area (Å²) < 4.78 is 0. The Labute approximate surface area is 163 Å². The van der Waals surface area contributed by atoms with Crippen molar-refractivity contribution in [2.75, 3.05) is 33.0 Å². The summed E-state index contributed by atoms with van der Waals surface area (Å²) >= 11 is 11.9. The van der Waals surface area contributed by atoms with E-state index in [9.17, 15) is 9.59 Å². The van der Waals surface area contributed by atoms with Crippen LogP contribution in [0.15, 0.2) is 42.5 Å². The van der Waals surface area contributed by atoms with E-state index in [1.54, 1.807) is 44.4 Å². The Kier molecular flexibility index (Phi) is 7.03. The molecule has 0 spiro atoms. The molecule has 0 saturated heterocycles.